The second kappa shape index (κ2) is 6.30. The molecule has 0 N–H and O–H groups in total. The van der Waals surface area contributed by atoms with E-state index < -0.39 is 0 Å². The van der Waals surface area contributed by atoms with Gasteiger partial charge in [-0.05, 0) is 30.7 Å². The standard InChI is InChI=1S/C15H14ClN3O/c1-11(2)9-19-15(14(10-20)17-18-19)8-5-12-3-6-13(16)7-4-12/h3-8,10H,1,9H2,2H3/b8-5+. The van der Waals surface area contributed by atoms with Gasteiger partial charge in [0.2, 0.25) is 0 Å². The second-order valence-electron chi connectivity index (χ2n) is 4.48. The first kappa shape index (κ1) is 14.2. The molecule has 0 saturated heterocycles. The minimum absolute atomic E-state index is 0.316. The van der Waals surface area contributed by atoms with Gasteiger partial charge in [0.15, 0.2) is 12.0 Å². The van der Waals surface area contributed by atoms with Crippen LogP contribution in [0.4, 0.5) is 0 Å². The number of rotatable bonds is 5. The van der Waals surface area contributed by atoms with E-state index in [-0.39, 0.29) is 0 Å². The van der Waals surface area contributed by atoms with Crippen molar-refractivity contribution in [2.75, 3.05) is 0 Å². The van der Waals surface area contributed by atoms with Crippen LogP contribution >= 0.6 is 11.6 Å². The van der Waals surface area contributed by atoms with Crippen molar-refractivity contribution in [3.8, 4) is 0 Å². The zero-order valence-corrected chi connectivity index (χ0v) is 11.8. The average Bonchev–Trinajstić information content (AvgIpc) is 2.79. The number of allylic oxidation sites excluding steroid dienone is 1. The summed E-state index contributed by atoms with van der Waals surface area (Å²) in [4.78, 5) is 11.0. The summed E-state index contributed by atoms with van der Waals surface area (Å²) in [6.07, 6.45) is 4.40. The van der Waals surface area contributed by atoms with Crippen molar-refractivity contribution in [2.24, 2.45) is 0 Å². The van der Waals surface area contributed by atoms with Crippen LogP contribution in [-0.2, 0) is 6.54 Å². The number of hydrogen-bond acceptors (Lipinski definition) is 3. The smallest absolute Gasteiger partial charge is 0.172 e. The van der Waals surface area contributed by atoms with E-state index in [9.17, 15) is 4.79 Å². The number of benzene rings is 1. The SMILES string of the molecule is C=C(C)Cn1nnc(C=O)c1/C=C/c1ccc(Cl)cc1. The lowest BCUT2D eigenvalue weighted by atomic mass is 10.2. The van der Waals surface area contributed by atoms with Crippen LogP contribution in [0.1, 0.15) is 28.7 Å². The molecule has 0 amide bonds. The lowest BCUT2D eigenvalue weighted by molar-refractivity contribution is 0.111. The molecule has 2 aromatic rings. The first-order chi connectivity index (χ1) is 9.60. The summed E-state index contributed by atoms with van der Waals surface area (Å²) < 4.78 is 1.65. The van der Waals surface area contributed by atoms with Crippen LogP contribution in [0.5, 0.6) is 0 Å². The summed E-state index contributed by atoms with van der Waals surface area (Å²) in [5.74, 6) is 0. The number of hydrogen-bond donors (Lipinski definition) is 0. The van der Waals surface area contributed by atoms with Crippen LogP contribution in [-0.4, -0.2) is 21.3 Å². The van der Waals surface area contributed by atoms with E-state index in [1.54, 1.807) is 4.68 Å². The monoisotopic (exact) mass is 287 g/mol. The van der Waals surface area contributed by atoms with Gasteiger partial charge >= 0.3 is 0 Å². The number of aldehydes is 1. The average molecular weight is 288 g/mol. The molecule has 20 heavy (non-hydrogen) atoms. The van der Waals surface area contributed by atoms with E-state index in [1.165, 1.54) is 0 Å². The van der Waals surface area contributed by atoms with Crippen molar-refractivity contribution in [1.82, 2.24) is 15.0 Å². The Hall–Kier alpha value is -2.20. The highest BCUT2D eigenvalue weighted by Crippen LogP contribution is 2.14. The fourth-order valence-electron chi connectivity index (χ4n) is 1.71. The van der Waals surface area contributed by atoms with Crippen LogP contribution in [0.3, 0.4) is 0 Å². The Morgan fingerprint density at radius 3 is 2.65 bits per heavy atom. The summed E-state index contributed by atoms with van der Waals surface area (Å²) in [6, 6.07) is 7.41. The number of aromatic nitrogens is 3. The Morgan fingerprint density at radius 2 is 2.05 bits per heavy atom. The van der Waals surface area contributed by atoms with Gasteiger partial charge in [-0.2, -0.15) is 0 Å². The second-order valence-corrected chi connectivity index (χ2v) is 4.91. The van der Waals surface area contributed by atoms with Gasteiger partial charge in [0.05, 0.1) is 12.2 Å². The molecule has 4 nitrogen and oxygen atoms in total. The van der Waals surface area contributed by atoms with Crippen molar-refractivity contribution in [2.45, 2.75) is 13.5 Å². The van der Waals surface area contributed by atoms with Gasteiger partial charge in [-0.3, -0.25) is 4.79 Å². The number of carbonyl (C=O) groups is 1. The van der Waals surface area contributed by atoms with Gasteiger partial charge in [0, 0.05) is 5.02 Å². The summed E-state index contributed by atoms with van der Waals surface area (Å²) in [6.45, 7) is 6.27. The van der Waals surface area contributed by atoms with Gasteiger partial charge in [0.1, 0.15) is 0 Å². The molecule has 0 spiro atoms. The fourth-order valence-corrected chi connectivity index (χ4v) is 1.84. The van der Waals surface area contributed by atoms with Crippen molar-refractivity contribution in [3.05, 3.63) is 58.4 Å². The Kier molecular flexibility index (Phi) is 4.48. The van der Waals surface area contributed by atoms with Gasteiger partial charge in [-0.1, -0.05) is 47.2 Å². The molecule has 0 atom stereocenters. The molecule has 0 aliphatic heterocycles. The molecule has 1 aromatic carbocycles. The molecule has 0 saturated carbocycles. The van der Waals surface area contributed by atoms with Crippen LogP contribution in [0.2, 0.25) is 5.02 Å². The maximum Gasteiger partial charge on any atom is 0.172 e. The van der Waals surface area contributed by atoms with Gasteiger partial charge in [0.25, 0.3) is 0 Å². The lowest BCUT2D eigenvalue weighted by Gasteiger charge is -2.02. The third kappa shape index (κ3) is 3.42. The van der Waals surface area contributed by atoms with Crippen molar-refractivity contribution in [1.29, 1.82) is 0 Å². The molecule has 1 heterocycles. The summed E-state index contributed by atoms with van der Waals surface area (Å²) in [7, 11) is 0. The number of halogens is 1. The maximum absolute atomic E-state index is 11.0. The van der Waals surface area contributed by atoms with Crippen molar-refractivity contribution < 1.29 is 4.79 Å². The predicted molar refractivity (Wildman–Crippen MR) is 80.6 cm³/mol. The van der Waals surface area contributed by atoms with E-state index in [0.717, 1.165) is 11.1 Å². The van der Waals surface area contributed by atoms with Crippen LogP contribution < -0.4 is 0 Å². The normalized spacial score (nSPS) is 10.9. The minimum atomic E-state index is 0.316. The lowest BCUT2D eigenvalue weighted by Crippen LogP contribution is -2.03. The molecule has 102 valence electrons. The molecule has 0 bridgehead atoms. The molecule has 0 radical (unpaired) electrons. The summed E-state index contributed by atoms with van der Waals surface area (Å²) in [5.41, 5.74) is 2.90. The third-order valence-electron chi connectivity index (χ3n) is 2.64. The van der Waals surface area contributed by atoms with E-state index in [4.69, 9.17) is 11.6 Å². The molecule has 1 aromatic heterocycles. The summed E-state index contributed by atoms with van der Waals surface area (Å²) in [5, 5.41) is 8.49. The molecule has 0 aliphatic rings. The highest BCUT2D eigenvalue weighted by molar-refractivity contribution is 6.30. The summed E-state index contributed by atoms with van der Waals surface area (Å²) >= 11 is 5.84. The van der Waals surface area contributed by atoms with Crippen LogP contribution in [0.15, 0.2) is 36.4 Å². The third-order valence-corrected chi connectivity index (χ3v) is 2.89. The van der Waals surface area contributed by atoms with Gasteiger partial charge < -0.3 is 0 Å². The van der Waals surface area contributed by atoms with Crippen LogP contribution in [0, 0.1) is 0 Å². The van der Waals surface area contributed by atoms with E-state index in [2.05, 4.69) is 16.9 Å². The zero-order valence-electron chi connectivity index (χ0n) is 11.1. The van der Waals surface area contributed by atoms with Crippen molar-refractivity contribution >= 4 is 30.0 Å². The molecule has 2 rings (SSSR count). The Bertz CT molecular complexity index is 656. The zero-order chi connectivity index (χ0) is 14.5. The first-order valence-corrected chi connectivity index (χ1v) is 6.44. The number of carbonyl (C=O) groups excluding carboxylic acids is 1. The molecular weight excluding hydrogens is 274 g/mol. The quantitative estimate of drug-likeness (QED) is 0.625. The fraction of sp³-hybridized carbons (Fsp3) is 0.133. The highest BCUT2D eigenvalue weighted by Gasteiger charge is 2.09. The van der Waals surface area contributed by atoms with Gasteiger partial charge in [-0.25, -0.2) is 4.68 Å². The van der Waals surface area contributed by atoms with Gasteiger partial charge in [-0.15, -0.1) is 5.10 Å². The molecule has 0 unspecified atom stereocenters. The molecule has 0 aliphatic carbocycles. The highest BCUT2D eigenvalue weighted by atomic mass is 35.5. The minimum Gasteiger partial charge on any atom is -0.296 e. The Balaban J connectivity index is 2.31. The molecule has 0 fully saturated rings. The molecular formula is C15H14ClN3O. The van der Waals surface area contributed by atoms with Crippen LogP contribution in [0.25, 0.3) is 12.2 Å². The van der Waals surface area contributed by atoms with E-state index in [0.29, 0.717) is 29.2 Å². The predicted octanol–water partition coefficient (Wildman–Crippen LogP) is 3.49. The Labute approximate surface area is 122 Å². The Morgan fingerprint density at radius 1 is 1.35 bits per heavy atom. The maximum atomic E-state index is 11.0. The largest absolute Gasteiger partial charge is 0.296 e. The topological polar surface area (TPSA) is 47.8 Å². The number of nitrogens with zero attached hydrogens (tertiary/aromatic N) is 3. The van der Waals surface area contributed by atoms with E-state index >= 15 is 0 Å². The van der Waals surface area contributed by atoms with E-state index in [1.807, 2.05) is 43.3 Å². The molecule has 5 heteroatoms. The van der Waals surface area contributed by atoms with Crippen molar-refractivity contribution in [3.63, 3.8) is 0 Å². The first-order valence-electron chi connectivity index (χ1n) is 6.07.